The Morgan fingerprint density at radius 1 is 0.857 bits per heavy atom. The zero-order valence-corrected chi connectivity index (χ0v) is 21.4. The Labute approximate surface area is 207 Å². The number of carbonyl (C=O) groups excluding carboxylic acids is 2. The lowest BCUT2D eigenvalue weighted by Crippen LogP contribution is -2.45. The summed E-state index contributed by atoms with van der Waals surface area (Å²) in [5, 5.41) is 5.69. The van der Waals surface area contributed by atoms with Gasteiger partial charge in [-0.2, -0.15) is 0 Å². The number of hydrogen-bond donors (Lipinski definition) is 2. The quantitative estimate of drug-likeness (QED) is 0.480. The Morgan fingerprint density at radius 2 is 1.49 bits per heavy atom. The number of rotatable bonds is 8. The number of para-hydroxylation sites is 1. The third kappa shape index (κ3) is 6.27. The maximum absolute atomic E-state index is 13.2. The van der Waals surface area contributed by atoms with E-state index in [-0.39, 0.29) is 17.5 Å². The van der Waals surface area contributed by atoms with E-state index in [1.807, 2.05) is 57.2 Å². The van der Waals surface area contributed by atoms with Gasteiger partial charge in [-0.05, 0) is 68.7 Å². The minimum absolute atomic E-state index is 0.239. The molecule has 8 heteroatoms. The molecule has 0 saturated carbocycles. The van der Waals surface area contributed by atoms with Gasteiger partial charge < -0.3 is 10.6 Å². The maximum Gasteiger partial charge on any atom is 0.253 e. The summed E-state index contributed by atoms with van der Waals surface area (Å²) in [5.41, 5.74) is 3.87. The molecule has 0 aliphatic rings. The van der Waals surface area contributed by atoms with Crippen LogP contribution in [0.25, 0.3) is 0 Å². The van der Waals surface area contributed by atoms with Crippen LogP contribution in [-0.2, 0) is 14.8 Å². The molecule has 0 unspecified atom stereocenters. The number of nitrogens with zero attached hydrogens (tertiary/aromatic N) is 1. The summed E-state index contributed by atoms with van der Waals surface area (Å²) in [6.45, 7) is 7.21. The van der Waals surface area contributed by atoms with Crippen LogP contribution in [0.4, 0.5) is 11.4 Å². The molecule has 2 N–H and O–H groups in total. The van der Waals surface area contributed by atoms with Crippen LogP contribution in [0.15, 0.2) is 72.8 Å². The zero-order valence-electron chi connectivity index (χ0n) is 20.6. The van der Waals surface area contributed by atoms with E-state index in [9.17, 15) is 18.0 Å². The van der Waals surface area contributed by atoms with Gasteiger partial charge >= 0.3 is 0 Å². The number of aryl methyl sites for hydroxylation is 2. The Bertz CT molecular complexity index is 1320. The van der Waals surface area contributed by atoms with Crippen molar-refractivity contribution in [3.05, 3.63) is 95.1 Å². The highest BCUT2D eigenvalue weighted by Gasteiger charge is 2.30. The minimum atomic E-state index is -3.76. The molecule has 0 aromatic heterocycles. The summed E-state index contributed by atoms with van der Waals surface area (Å²) in [4.78, 5) is 26.2. The van der Waals surface area contributed by atoms with Crippen LogP contribution in [0.5, 0.6) is 0 Å². The first-order valence-electron chi connectivity index (χ1n) is 11.3. The first kappa shape index (κ1) is 26.0. The fourth-order valence-electron chi connectivity index (χ4n) is 3.80. The van der Waals surface area contributed by atoms with Crippen molar-refractivity contribution < 1.29 is 18.0 Å². The molecule has 0 fully saturated rings. The van der Waals surface area contributed by atoms with Gasteiger partial charge in [0.25, 0.3) is 5.91 Å². The molecule has 184 valence electrons. The molecule has 2 atom stereocenters. The summed E-state index contributed by atoms with van der Waals surface area (Å²) in [7, 11) is -3.76. The second-order valence-electron chi connectivity index (χ2n) is 8.64. The van der Waals surface area contributed by atoms with Crippen LogP contribution >= 0.6 is 0 Å². The Balaban J connectivity index is 1.83. The van der Waals surface area contributed by atoms with Crippen molar-refractivity contribution in [2.75, 3.05) is 15.9 Å². The Kier molecular flexibility index (Phi) is 7.96. The summed E-state index contributed by atoms with van der Waals surface area (Å²) >= 11 is 0. The first-order valence-corrected chi connectivity index (χ1v) is 13.2. The van der Waals surface area contributed by atoms with Crippen LogP contribution < -0.4 is 14.9 Å². The molecule has 3 rings (SSSR count). The van der Waals surface area contributed by atoms with Crippen LogP contribution in [0.3, 0.4) is 0 Å². The van der Waals surface area contributed by atoms with Gasteiger partial charge in [-0.3, -0.25) is 13.9 Å². The highest BCUT2D eigenvalue weighted by Crippen LogP contribution is 2.25. The first-order chi connectivity index (χ1) is 16.5. The largest absolute Gasteiger partial charge is 0.345 e. The molecule has 0 aliphatic carbocycles. The zero-order chi connectivity index (χ0) is 25.8. The summed E-state index contributed by atoms with van der Waals surface area (Å²) in [6, 6.07) is 20.2. The van der Waals surface area contributed by atoms with Crippen molar-refractivity contribution >= 4 is 33.2 Å². The van der Waals surface area contributed by atoms with Crippen LogP contribution in [-0.4, -0.2) is 32.5 Å². The SMILES string of the molecule is Cc1ccc(N([C@H](C)C(=O)Nc2ccccc2C(=O)N[C@H](C)c2ccccc2)S(C)(=O)=O)cc1C. The lowest BCUT2D eigenvalue weighted by molar-refractivity contribution is -0.116. The fourth-order valence-corrected chi connectivity index (χ4v) is 4.96. The van der Waals surface area contributed by atoms with Gasteiger partial charge in [-0.25, -0.2) is 8.42 Å². The molecule has 7 nitrogen and oxygen atoms in total. The van der Waals surface area contributed by atoms with Gasteiger partial charge in [0.1, 0.15) is 6.04 Å². The highest BCUT2D eigenvalue weighted by atomic mass is 32.2. The third-order valence-corrected chi connectivity index (χ3v) is 7.15. The number of sulfonamides is 1. The summed E-state index contributed by atoms with van der Waals surface area (Å²) in [6.07, 6.45) is 1.07. The van der Waals surface area contributed by atoms with E-state index in [1.54, 1.807) is 36.4 Å². The molecule has 2 amide bonds. The van der Waals surface area contributed by atoms with E-state index in [1.165, 1.54) is 6.92 Å². The number of benzene rings is 3. The van der Waals surface area contributed by atoms with Gasteiger partial charge in [0.2, 0.25) is 15.9 Å². The van der Waals surface area contributed by atoms with E-state index in [0.29, 0.717) is 11.4 Å². The monoisotopic (exact) mass is 493 g/mol. The number of carbonyl (C=O) groups is 2. The lowest BCUT2D eigenvalue weighted by Gasteiger charge is -2.29. The number of nitrogens with one attached hydrogen (secondary N) is 2. The lowest BCUT2D eigenvalue weighted by atomic mass is 10.1. The fraction of sp³-hybridized carbons (Fsp3) is 0.259. The minimum Gasteiger partial charge on any atom is -0.345 e. The van der Waals surface area contributed by atoms with Gasteiger partial charge in [-0.1, -0.05) is 48.5 Å². The van der Waals surface area contributed by atoms with Crippen molar-refractivity contribution in [3.63, 3.8) is 0 Å². The van der Waals surface area contributed by atoms with E-state index in [0.717, 1.165) is 27.3 Å². The molecule has 0 radical (unpaired) electrons. The van der Waals surface area contributed by atoms with E-state index in [2.05, 4.69) is 10.6 Å². The Morgan fingerprint density at radius 3 is 2.11 bits per heavy atom. The smallest absolute Gasteiger partial charge is 0.253 e. The number of hydrogen-bond acceptors (Lipinski definition) is 4. The van der Waals surface area contributed by atoms with Crippen LogP contribution in [0.1, 0.15) is 46.9 Å². The molecule has 0 spiro atoms. The molecule has 35 heavy (non-hydrogen) atoms. The average molecular weight is 494 g/mol. The molecular formula is C27H31N3O4S. The summed E-state index contributed by atoms with van der Waals surface area (Å²) < 4.78 is 26.4. The predicted molar refractivity (Wildman–Crippen MR) is 140 cm³/mol. The van der Waals surface area contributed by atoms with Crippen molar-refractivity contribution in [2.45, 2.75) is 39.8 Å². The van der Waals surface area contributed by atoms with Gasteiger partial charge in [0, 0.05) is 0 Å². The third-order valence-electron chi connectivity index (χ3n) is 5.91. The van der Waals surface area contributed by atoms with Crippen molar-refractivity contribution in [1.82, 2.24) is 5.32 Å². The standard InChI is InChI=1S/C27H31N3O4S/c1-18-15-16-23(17-19(18)2)30(35(5,33)34)21(4)26(31)29-25-14-10-9-13-24(25)27(32)28-20(3)22-11-7-6-8-12-22/h6-17,20-21H,1-5H3,(H,28,32)(H,29,31)/t20-,21-/m1/s1. The second-order valence-corrected chi connectivity index (χ2v) is 10.5. The molecule has 3 aromatic carbocycles. The maximum atomic E-state index is 13.2. The Hall–Kier alpha value is -3.65. The molecule has 3 aromatic rings. The molecule has 0 heterocycles. The summed E-state index contributed by atoms with van der Waals surface area (Å²) in [5.74, 6) is -0.899. The topological polar surface area (TPSA) is 95.6 Å². The van der Waals surface area contributed by atoms with Gasteiger partial charge in [0.15, 0.2) is 0 Å². The second kappa shape index (κ2) is 10.7. The van der Waals surface area contributed by atoms with Crippen molar-refractivity contribution in [3.8, 4) is 0 Å². The number of amides is 2. The molecule has 0 saturated heterocycles. The van der Waals surface area contributed by atoms with Crippen molar-refractivity contribution in [1.29, 1.82) is 0 Å². The van der Waals surface area contributed by atoms with E-state index in [4.69, 9.17) is 0 Å². The van der Waals surface area contributed by atoms with Crippen LogP contribution in [0.2, 0.25) is 0 Å². The van der Waals surface area contributed by atoms with E-state index >= 15 is 0 Å². The highest BCUT2D eigenvalue weighted by molar-refractivity contribution is 7.92. The molecule has 0 aliphatic heterocycles. The molecule has 0 bridgehead atoms. The normalized spacial score (nSPS) is 12.9. The van der Waals surface area contributed by atoms with E-state index < -0.39 is 22.0 Å². The van der Waals surface area contributed by atoms with Gasteiger partial charge in [-0.15, -0.1) is 0 Å². The average Bonchev–Trinajstić information content (AvgIpc) is 2.81. The van der Waals surface area contributed by atoms with Crippen molar-refractivity contribution in [2.24, 2.45) is 0 Å². The van der Waals surface area contributed by atoms with Gasteiger partial charge in [0.05, 0.1) is 29.2 Å². The van der Waals surface area contributed by atoms with Crippen LogP contribution in [0, 0.1) is 13.8 Å². The molecular weight excluding hydrogens is 462 g/mol. The predicted octanol–water partition coefficient (Wildman–Crippen LogP) is 4.59. The number of anilines is 2.